The van der Waals surface area contributed by atoms with Gasteiger partial charge in [0.05, 0.1) is 11.3 Å². The molecule has 0 unspecified atom stereocenters. The summed E-state index contributed by atoms with van der Waals surface area (Å²) in [6, 6.07) is 12.4. The van der Waals surface area contributed by atoms with Crippen LogP contribution in [-0.4, -0.2) is 31.6 Å². The first kappa shape index (κ1) is 18.9. The molecule has 0 spiro atoms. The van der Waals surface area contributed by atoms with E-state index in [-0.39, 0.29) is 15.0 Å². The van der Waals surface area contributed by atoms with Gasteiger partial charge in [0.15, 0.2) is 0 Å². The SMILES string of the molecule is Cc1ccc(N(C)S(=O)(=O)c2nnc(NC(=O)c3ccccc3F)s2)cc1. The minimum Gasteiger partial charge on any atom is -0.296 e. The first-order chi connectivity index (χ1) is 12.8. The number of nitrogens with one attached hydrogen (secondary N) is 1. The molecule has 0 atom stereocenters. The van der Waals surface area contributed by atoms with Crippen LogP contribution in [0.2, 0.25) is 0 Å². The van der Waals surface area contributed by atoms with Gasteiger partial charge in [0.1, 0.15) is 5.82 Å². The number of aryl methyl sites for hydroxylation is 1. The molecule has 0 saturated heterocycles. The third-order valence-electron chi connectivity index (χ3n) is 3.72. The van der Waals surface area contributed by atoms with Crippen LogP contribution in [0.3, 0.4) is 0 Å². The Morgan fingerprint density at radius 1 is 1.11 bits per heavy atom. The first-order valence-electron chi connectivity index (χ1n) is 7.74. The van der Waals surface area contributed by atoms with Gasteiger partial charge < -0.3 is 0 Å². The Bertz CT molecular complexity index is 1080. The van der Waals surface area contributed by atoms with E-state index in [1.807, 2.05) is 6.92 Å². The number of hydrogen-bond acceptors (Lipinski definition) is 6. The van der Waals surface area contributed by atoms with Crippen molar-refractivity contribution in [2.45, 2.75) is 11.3 Å². The number of nitrogens with zero attached hydrogens (tertiary/aromatic N) is 3. The molecule has 3 rings (SSSR count). The minimum atomic E-state index is -3.94. The predicted octanol–water partition coefficient (Wildman–Crippen LogP) is 3.06. The summed E-state index contributed by atoms with van der Waals surface area (Å²) in [6.45, 7) is 1.90. The van der Waals surface area contributed by atoms with Gasteiger partial charge in [0.2, 0.25) is 5.13 Å². The van der Waals surface area contributed by atoms with Crippen LogP contribution < -0.4 is 9.62 Å². The molecule has 140 valence electrons. The molecule has 0 bridgehead atoms. The molecule has 2 aromatic carbocycles. The molecule has 0 aliphatic heterocycles. The Balaban J connectivity index is 1.81. The molecular weight excluding hydrogens is 391 g/mol. The van der Waals surface area contributed by atoms with Gasteiger partial charge in [-0.25, -0.2) is 4.39 Å². The molecule has 0 radical (unpaired) electrons. The fraction of sp³-hybridized carbons (Fsp3) is 0.118. The molecule has 1 N–H and O–H groups in total. The number of rotatable bonds is 5. The predicted molar refractivity (Wildman–Crippen MR) is 101 cm³/mol. The molecule has 10 heteroatoms. The molecule has 27 heavy (non-hydrogen) atoms. The van der Waals surface area contributed by atoms with Crippen LogP contribution in [-0.2, 0) is 10.0 Å². The molecular formula is C17H15FN4O3S2. The monoisotopic (exact) mass is 406 g/mol. The van der Waals surface area contributed by atoms with Crippen molar-refractivity contribution in [3.05, 3.63) is 65.5 Å². The smallest absolute Gasteiger partial charge is 0.293 e. The van der Waals surface area contributed by atoms with Crippen LogP contribution in [0, 0.1) is 12.7 Å². The van der Waals surface area contributed by atoms with Crippen molar-refractivity contribution >= 4 is 38.1 Å². The van der Waals surface area contributed by atoms with Gasteiger partial charge >= 0.3 is 0 Å². The Labute approximate surface area is 159 Å². The summed E-state index contributed by atoms with van der Waals surface area (Å²) in [6.07, 6.45) is 0. The van der Waals surface area contributed by atoms with E-state index in [1.165, 1.54) is 25.2 Å². The second-order valence-corrected chi connectivity index (χ2v) is 8.74. The van der Waals surface area contributed by atoms with Crippen molar-refractivity contribution in [2.75, 3.05) is 16.7 Å². The normalized spacial score (nSPS) is 11.2. The zero-order valence-electron chi connectivity index (χ0n) is 14.4. The zero-order valence-corrected chi connectivity index (χ0v) is 16.0. The van der Waals surface area contributed by atoms with Gasteiger partial charge in [-0.2, -0.15) is 8.42 Å². The molecule has 1 heterocycles. The molecule has 1 aromatic heterocycles. The maximum absolute atomic E-state index is 13.7. The molecule has 0 fully saturated rings. The number of carbonyl (C=O) groups excluding carboxylic acids is 1. The minimum absolute atomic E-state index is 0.0425. The molecule has 3 aromatic rings. The molecule has 1 amide bonds. The largest absolute Gasteiger partial charge is 0.296 e. The maximum atomic E-state index is 13.7. The van der Waals surface area contributed by atoms with Crippen LogP contribution >= 0.6 is 11.3 Å². The van der Waals surface area contributed by atoms with Crippen molar-refractivity contribution in [1.82, 2.24) is 10.2 Å². The van der Waals surface area contributed by atoms with Crippen LogP contribution in [0.1, 0.15) is 15.9 Å². The van der Waals surface area contributed by atoms with Gasteiger partial charge in [-0.3, -0.25) is 14.4 Å². The van der Waals surface area contributed by atoms with Gasteiger partial charge in [0, 0.05) is 7.05 Å². The summed E-state index contributed by atoms with van der Waals surface area (Å²) in [7, 11) is -2.54. The lowest BCUT2D eigenvalue weighted by Gasteiger charge is -2.17. The number of anilines is 2. The lowest BCUT2D eigenvalue weighted by Crippen LogP contribution is -2.26. The Hall–Kier alpha value is -2.85. The summed E-state index contributed by atoms with van der Waals surface area (Å²) in [5.41, 5.74) is 1.29. The second kappa shape index (κ2) is 7.41. The van der Waals surface area contributed by atoms with E-state index in [0.717, 1.165) is 15.9 Å². The average molecular weight is 406 g/mol. The molecule has 0 aliphatic rings. The van der Waals surface area contributed by atoms with Gasteiger partial charge in [0.25, 0.3) is 20.3 Å². The van der Waals surface area contributed by atoms with Crippen LogP contribution in [0.25, 0.3) is 0 Å². The number of halogens is 1. The lowest BCUT2D eigenvalue weighted by atomic mass is 10.2. The molecule has 7 nitrogen and oxygen atoms in total. The second-order valence-electron chi connectivity index (χ2n) is 5.62. The number of hydrogen-bond donors (Lipinski definition) is 1. The van der Waals surface area contributed by atoms with Crippen molar-refractivity contribution < 1.29 is 17.6 Å². The maximum Gasteiger partial charge on any atom is 0.293 e. The number of benzene rings is 2. The van der Waals surface area contributed by atoms with E-state index < -0.39 is 21.7 Å². The standard InChI is InChI=1S/C17H15FN4O3S2/c1-11-7-9-12(10-8-11)22(2)27(24,25)17-21-20-16(26-17)19-15(23)13-5-3-4-6-14(13)18/h3-10H,1-2H3,(H,19,20,23). The number of aromatic nitrogens is 2. The van der Waals surface area contributed by atoms with E-state index in [0.29, 0.717) is 17.0 Å². The fourth-order valence-corrected chi connectivity index (χ4v) is 4.43. The zero-order chi connectivity index (χ0) is 19.6. The number of sulfonamides is 1. The fourth-order valence-electron chi connectivity index (χ4n) is 2.18. The highest BCUT2D eigenvalue weighted by molar-refractivity contribution is 7.94. The third kappa shape index (κ3) is 3.96. The Morgan fingerprint density at radius 2 is 1.78 bits per heavy atom. The summed E-state index contributed by atoms with van der Waals surface area (Å²) >= 11 is 0.689. The van der Waals surface area contributed by atoms with Gasteiger partial charge in [-0.05, 0) is 31.2 Å². The van der Waals surface area contributed by atoms with E-state index in [2.05, 4.69) is 15.5 Å². The van der Waals surface area contributed by atoms with Crippen LogP contribution in [0.4, 0.5) is 15.2 Å². The quantitative estimate of drug-likeness (QED) is 0.658. The summed E-state index contributed by atoms with van der Waals surface area (Å²) in [4.78, 5) is 12.1. The van der Waals surface area contributed by atoms with Crippen molar-refractivity contribution in [2.24, 2.45) is 0 Å². The van der Waals surface area contributed by atoms with E-state index in [1.54, 1.807) is 24.3 Å². The summed E-state index contributed by atoms with van der Waals surface area (Å²) in [5.74, 6) is -1.42. The number of amides is 1. The van der Waals surface area contributed by atoms with Crippen LogP contribution in [0.5, 0.6) is 0 Å². The average Bonchev–Trinajstić information content (AvgIpc) is 3.11. The molecule has 0 saturated carbocycles. The first-order valence-corrected chi connectivity index (χ1v) is 9.99. The highest BCUT2D eigenvalue weighted by Gasteiger charge is 2.26. The van der Waals surface area contributed by atoms with Gasteiger partial charge in [-0.15, -0.1) is 10.2 Å². The van der Waals surface area contributed by atoms with Gasteiger partial charge in [-0.1, -0.05) is 41.2 Å². The topological polar surface area (TPSA) is 92.3 Å². The van der Waals surface area contributed by atoms with E-state index in [9.17, 15) is 17.6 Å². The lowest BCUT2D eigenvalue weighted by molar-refractivity contribution is 0.102. The highest BCUT2D eigenvalue weighted by atomic mass is 32.2. The summed E-state index contributed by atoms with van der Waals surface area (Å²) in [5, 5.41) is 9.65. The van der Waals surface area contributed by atoms with Crippen molar-refractivity contribution in [3.63, 3.8) is 0 Å². The highest BCUT2D eigenvalue weighted by Crippen LogP contribution is 2.26. The van der Waals surface area contributed by atoms with Crippen LogP contribution in [0.15, 0.2) is 52.9 Å². The Morgan fingerprint density at radius 3 is 2.44 bits per heavy atom. The van der Waals surface area contributed by atoms with Crippen molar-refractivity contribution in [3.8, 4) is 0 Å². The molecule has 0 aliphatic carbocycles. The van der Waals surface area contributed by atoms with E-state index in [4.69, 9.17) is 0 Å². The number of carbonyl (C=O) groups is 1. The van der Waals surface area contributed by atoms with Crippen molar-refractivity contribution in [1.29, 1.82) is 0 Å². The Kier molecular flexibility index (Phi) is 5.19. The summed E-state index contributed by atoms with van der Waals surface area (Å²) < 4.78 is 39.9. The van der Waals surface area contributed by atoms with E-state index >= 15 is 0 Å². The third-order valence-corrected chi connectivity index (χ3v) is 6.69.